The van der Waals surface area contributed by atoms with Crippen LogP contribution in [-0.4, -0.2) is 41.5 Å². The molecule has 0 aliphatic carbocycles. The summed E-state index contributed by atoms with van der Waals surface area (Å²) in [5, 5.41) is 6.03. The number of benzene rings is 1. The Hall–Kier alpha value is -2.47. The summed E-state index contributed by atoms with van der Waals surface area (Å²) in [6.07, 6.45) is 7.39. The Morgan fingerprint density at radius 3 is 2.74 bits per heavy atom. The number of amides is 1. The van der Waals surface area contributed by atoms with Crippen molar-refractivity contribution in [3.63, 3.8) is 0 Å². The average molecular weight is 479 g/mol. The van der Waals surface area contributed by atoms with Crippen molar-refractivity contribution in [3.05, 3.63) is 53.9 Å². The van der Waals surface area contributed by atoms with Crippen molar-refractivity contribution in [1.82, 2.24) is 14.8 Å². The molecule has 2 aromatic rings. The van der Waals surface area contributed by atoms with Crippen molar-refractivity contribution >= 4 is 41.5 Å². The quantitative estimate of drug-likeness (QED) is 0.290. The highest BCUT2D eigenvalue weighted by molar-refractivity contribution is 14.0. The molecule has 27 heavy (non-hydrogen) atoms. The van der Waals surface area contributed by atoms with Crippen molar-refractivity contribution in [1.29, 1.82) is 0 Å². The molecule has 1 heterocycles. The topological polar surface area (TPSA) is 61.7 Å². The molecule has 0 atom stereocenters. The standard InChI is InChI=1S/C20H25N5O.HI/c1-5-16-9-7-10-17(13-16)23-19(26)14-22-20(21-6-2)25(4)15-18-11-8-12-24(18)3;/h1,7-13H,6,14-15H2,2-4H3,(H,21,22)(H,23,26);1H. The molecule has 0 bridgehead atoms. The number of halogens is 1. The first-order chi connectivity index (χ1) is 12.5. The van der Waals surface area contributed by atoms with E-state index in [1.165, 1.54) is 0 Å². The van der Waals surface area contributed by atoms with Gasteiger partial charge in [0.2, 0.25) is 5.91 Å². The summed E-state index contributed by atoms with van der Waals surface area (Å²) in [7, 11) is 3.95. The number of anilines is 1. The number of aryl methyl sites for hydroxylation is 1. The third-order valence-corrected chi connectivity index (χ3v) is 3.83. The highest BCUT2D eigenvalue weighted by Crippen LogP contribution is 2.09. The van der Waals surface area contributed by atoms with Gasteiger partial charge < -0.3 is 20.1 Å². The Kier molecular flexibility index (Phi) is 9.44. The number of aromatic nitrogens is 1. The second-order valence-electron chi connectivity index (χ2n) is 5.91. The van der Waals surface area contributed by atoms with Crippen LogP contribution in [0.5, 0.6) is 0 Å². The van der Waals surface area contributed by atoms with E-state index in [-0.39, 0.29) is 36.4 Å². The van der Waals surface area contributed by atoms with Crippen molar-refractivity contribution in [2.75, 3.05) is 25.5 Å². The lowest BCUT2D eigenvalue weighted by Gasteiger charge is -2.22. The lowest BCUT2D eigenvalue weighted by Crippen LogP contribution is -2.39. The minimum atomic E-state index is -0.193. The molecule has 0 aliphatic heterocycles. The van der Waals surface area contributed by atoms with Crippen LogP contribution in [0.3, 0.4) is 0 Å². The van der Waals surface area contributed by atoms with Gasteiger partial charge in [0.25, 0.3) is 0 Å². The highest BCUT2D eigenvalue weighted by atomic mass is 127. The maximum atomic E-state index is 12.2. The monoisotopic (exact) mass is 479 g/mol. The van der Waals surface area contributed by atoms with E-state index in [1.54, 1.807) is 12.1 Å². The van der Waals surface area contributed by atoms with Crippen LogP contribution in [0.15, 0.2) is 47.6 Å². The second-order valence-corrected chi connectivity index (χ2v) is 5.91. The minimum absolute atomic E-state index is 0. The Balaban J connectivity index is 0.00000364. The fourth-order valence-corrected chi connectivity index (χ4v) is 2.48. The number of terminal acetylenes is 1. The van der Waals surface area contributed by atoms with E-state index in [4.69, 9.17) is 6.42 Å². The summed E-state index contributed by atoms with van der Waals surface area (Å²) in [6, 6.07) is 11.3. The predicted octanol–water partition coefficient (Wildman–Crippen LogP) is 2.66. The fourth-order valence-electron chi connectivity index (χ4n) is 2.48. The molecule has 0 spiro atoms. The van der Waals surface area contributed by atoms with Gasteiger partial charge in [0, 0.05) is 43.8 Å². The Morgan fingerprint density at radius 2 is 2.11 bits per heavy atom. The van der Waals surface area contributed by atoms with Crippen LogP contribution in [-0.2, 0) is 18.4 Å². The number of hydrogen-bond acceptors (Lipinski definition) is 2. The van der Waals surface area contributed by atoms with E-state index in [0.717, 1.165) is 17.8 Å². The Bertz CT molecular complexity index is 822. The van der Waals surface area contributed by atoms with Gasteiger partial charge >= 0.3 is 0 Å². The van der Waals surface area contributed by atoms with E-state index in [9.17, 15) is 4.79 Å². The molecule has 6 nitrogen and oxygen atoms in total. The van der Waals surface area contributed by atoms with Crippen LogP contribution >= 0.6 is 24.0 Å². The van der Waals surface area contributed by atoms with Crippen molar-refractivity contribution < 1.29 is 4.79 Å². The molecule has 7 heteroatoms. The third-order valence-electron chi connectivity index (χ3n) is 3.83. The number of hydrogen-bond donors (Lipinski definition) is 2. The minimum Gasteiger partial charge on any atom is -0.357 e. The van der Waals surface area contributed by atoms with E-state index >= 15 is 0 Å². The number of rotatable bonds is 6. The average Bonchev–Trinajstić information content (AvgIpc) is 3.03. The van der Waals surface area contributed by atoms with E-state index in [0.29, 0.717) is 18.2 Å². The number of carbonyl (C=O) groups excluding carboxylic acids is 1. The molecule has 2 N–H and O–H groups in total. The maximum absolute atomic E-state index is 12.2. The normalized spacial score (nSPS) is 10.5. The van der Waals surface area contributed by atoms with Crippen molar-refractivity contribution in [2.45, 2.75) is 13.5 Å². The third kappa shape index (κ3) is 6.98. The first kappa shape index (κ1) is 22.6. The summed E-state index contributed by atoms with van der Waals surface area (Å²) < 4.78 is 2.06. The lowest BCUT2D eigenvalue weighted by molar-refractivity contribution is -0.114. The van der Waals surface area contributed by atoms with Gasteiger partial charge in [-0.25, -0.2) is 4.99 Å². The summed E-state index contributed by atoms with van der Waals surface area (Å²) in [5.74, 6) is 3.04. The molecule has 2 rings (SSSR count). The largest absolute Gasteiger partial charge is 0.357 e. The van der Waals surface area contributed by atoms with Gasteiger partial charge in [0.05, 0.1) is 6.54 Å². The van der Waals surface area contributed by atoms with Gasteiger partial charge in [-0.05, 0) is 37.3 Å². The van der Waals surface area contributed by atoms with Crippen LogP contribution in [0.2, 0.25) is 0 Å². The summed E-state index contributed by atoms with van der Waals surface area (Å²) >= 11 is 0. The maximum Gasteiger partial charge on any atom is 0.246 e. The van der Waals surface area contributed by atoms with Gasteiger partial charge in [-0.15, -0.1) is 30.4 Å². The van der Waals surface area contributed by atoms with Crippen LogP contribution in [0, 0.1) is 12.3 Å². The number of nitrogens with zero attached hydrogens (tertiary/aromatic N) is 3. The van der Waals surface area contributed by atoms with Crippen LogP contribution in [0.1, 0.15) is 18.2 Å². The number of carbonyl (C=O) groups is 1. The predicted molar refractivity (Wildman–Crippen MR) is 121 cm³/mol. The Morgan fingerprint density at radius 1 is 1.33 bits per heavy atom. The molecule has 144 valence electrons. The molecular weight excluding hydrogens is 453 g/mol. The first-order valence-corrected chi connectivity index (χ1v) is 8.49. The van der Waals surface area contributed by atoms with Gasteiger partial charge in [-0.1, -0.05) is 12.0 Å². The zero-order valence-corrected chi connectivity index (χ0v) is 18.2. The van der Waals surface area contributed by atoms with E-state index in [1.807, 2.05) is 50.3 Å². The van der Waals surface area contributed by atoms with Crippen molar-refractivity contribution in [2.24, 2.45) is 12.0 Å². The Labute approximate surface area is 178 Å². The molecule has 1 aromatic carbocycles. The molecule has 0 saturated carbocycles. The number of aliphatic imine (C=N–C) groups is 1. The zero-order chi connectivity index (χ0) is 18.9. The summed E-state index contributed by atoms with van der Waals surface area (Å²) in [6.45, 7) is 3.45. The fraction of sp³-hybridized carbons (Fsp3) is 0.300. The SMILES string of the molecule is C#Cc1cccc(NC(=O)CN=C(NCC)N(C)Cc2cccn2C)c1.I. The van der Waals surface area contributed by atoms with Gasteiger partial charge in [0.1, 0.15) is 6.54 Å². The highest BCUT2D eigenvalue weighted by Gasteiger charge is 2.09. The molecular formula is C20H26IN5O. The summed E-state index contributed by atoms with van der Waals surface area (Å²) in [4.78, 5) is 18.6. The van der Waals surface area contributed by atoms with Crippen molar-refractivity contribution in [3.8, 4) is 12.3 Å². The van der Waals surface area contributed by atoms with Gasteiger partial charge in [-0.2, -0.15) is 0 Å². The number of nitrogens with one attached hydrogen (secondary N) is 2. The molecule has 1 aromatic heterocycles. The molecule has 0 radical (unpaired) electrons. The first-order valence-electron chi connectivity index (χ1n) is 8.49. The zero-order valence-electron chi connectivity index (χ0n) is 15.9. The smallest absolute Gasteiger partial charge is 0.246 e. The van der Waals surface area contributed by atoms with E-state index in [2.05, 4.69) is 32.2 Å². The van der Waals surface area contributed by atoms with Crippen LogP contribution in [0.25, 0.3) is 0 Å². The molecule has 1 amide bonds. The molecule has 0 fully saturated rings. The summed E-state index contributed by atoms with van der Waals surface area (Å²) in [5.41, 5.74) is 2.55. The molecule has 0 aliphatic rings. The molecule has 0 unspecified atom stereocenters. The number of guanidine groups is 1. The van der Waals surface area contributed by atoms with Gasteiger partial charge in [-0.3, -0.25) is 4.79 Å². The van der Waals surface area contributed by atoms with Crippen LogP contribution < -0.4 is 10.6 Å². The molecule has 0 saturated heterocycles. The van der Waals surface area contributed by atoms with Gasteiger partial charge in [0.15, 0.2) is 5.96 Å². The second kappa shape index (κ2) is 11.3. The van der Waals surface area contributed by atoms with E-state index < -0.39 is 0 Å². The lowest BCUT2D eigenvalue weighted by atomic mass is 10.2. The van der Waals surface area contributed by atoms with Crippen LogP contribution in [0.4, 0.5) is 5.69 Å².